The Labute approximate surface area is 132 Å². The molecule has 1 N–H and O–H groups in total. The first kappa shape index (κ1) is 14.9. The molecule has 0 atom stereocenters. The van der Waals surface area contributed by atoms with E-state index in [4.69, 9.17) is 4.74 Å². The summed E-state index contributed by atoms with van der Waals surface area (Å²) in [5, 5.41) is 3.38. The number of hydrogen-bond acceptors (Lipinski definition) is 3. The van der Waals surface area contributed by atoms with Crippen molar-refractivity contribution in [3.8, 4) is 5.75 Å². The molecule has 1 heterocycles. The Balaban J connectivity index is 1.45. The average Bonchev–Trinajstić information content (AvgIpc) is 2.58. The molecule has 0 spiro atoms. The van der Waals surface area contributed by atoms with Crippen molar-refractivity contribution in [1.29, 1.82) is 0 Å². The lowest BCUT2D eigenvalue weighted by Gasteiger charge is -2.26. The number of benzene rings is 2. The molecule has 0 aliphatic carbocycles. The summed E-state index contributed by atoms with van der Waals surface area (Å²) in [5.74, 6) is 0.940. The summed E-state index contributed by atoms with van der Waals surface area (Å²) < 4.78 is 5.84. The van der Waals surface area contributed by atoms with Crippen molar-refractivity contribution in [2.75, 3.05) is 31.6 Å². The van der Waals surface area contributed by atoms with E-state index in [-0.39, 0.29) is 0 Å². The van der Waals surface area contributed by atoms with Gasteiger partial charge in [0.25, 0.3) is 0 Å². The van der Waals surface area contributed by atoms with Crippen LogP contribution in [-0.2, 0) is 0 Å². The van der Waals surface area contributed by atoms with Crippen LogP contribution in [0.25, 0.3) is 0 Å². The van der Waals surface area contributed by atoms with Crippen LogP contribution in [-0.4, -0.2) is 31.1 Å². The van der Waals surface area contributed by atoms with Crippen molar-refractivity contribution in [2.45, 2.75) is 19.3 Å². The molecule has 2 aromatic carbocycles. The van der Waals surface area contributed by atoms with Gasteiger partial charge in [-0.15, -0.1) is 0 Å². The quantitative estimate of drug-likeness (QED) is 0.860. The van der Waals surface area contributed by atoms with Gasteiger partial charge in [0.1, 0.15) is 12.4 Å². The minimum absolute atomic E-state index is 0.769. The monoisotopic (exact) mass is 296 g/mol. The zero-order valence-electron chi connectivity index (χ0n) is 13.0. The number of piperidine rings is 1. The molecule has 0 bridgehead atoms. The lowest BCUT2D eigenvalue weighted by molar-refractivity contribution is 0.183. The second kappa shape index (κ2) is 7.85. The third-order valence-electron chi connectivity index (χ3n) is 4.04. The van der Waals surface area contributed by atoms with E-state index in [1.54, 1.807) is 0 Å². The predicted octanol–water partition coefficient (Wildman–Crippen LogP) is 4.29. The molecule has 2 aromatic rings. The Morgan fingerprint density at radius 3 is 2.23 bits per heavy atom. The molecule has 3 rings (SSSR count). The highest BCUT2D eigenvalue weighted by Crippen LogP contribution is 2.20. The molecule has 1 aliphatic rings. The molecule has 0 unspecified atom stereocenters. The van der Waals surface area contributed by atoms with Crippen LogP contribution in [0.15, 0.2) is 54.6 Å². The van der Waals surface area contributed by atoms with Gasteiger partial charge >= 0.3 is 0 Å². The number of hydrogen-bond donors (Lipinski definition) is 1. The smallest absolute Gasteiger partial charge is 0.119 e. The van der Waals surface area contributed by atoms with Gasteiger partial charge in [-0.2, -0.15) is 0 Å². The topological polar surface area (TPSA) is 24.5 Å². The number of nitrogens with zero attached hydrogens (tertiary/aromatic N) is 1. The highest BCUT2D eigenvalue weighted by Gasteiger charge is 2.09. The van der Waals surface area contributed by atoms with Crippen LogP contribution in [0, 0.1) is 0 Å². The van der Waals surface area contributed by atoms with Crippen LogP contribution in [0.4, 0.5) is 11.4 Å². The van der Waals surface area contributed by atoms with Crippen LogP contribution in [0.5, 0.6) is 5.75 Å². The first-order valence-corrected chi connectivity index (χ1v) is 8.17. The van der Waals surface area contributed by atoms with Gasteiger partial charge < -0.3 is 10.1 Å². The summed E-state index contributed by atoms with van der Waals surface area (Å²) in [6.45, 7) is 4.25. The number of anilines is 2. The Morgan fingerprint density at radius 2 is 1.50 bits per heavy atom. The fraction of sp³-hybridized carbons (Fsp3) is 0.368. The first-order valence-electron chi connectivity index (χ1n) is 8.17. The van der Waals surface area contributed by atoms with E-state index < -0.39 is 0 Å². The van der Waals surface area contributed by atoms with Crippen molar-refractivity contribution in [2.24, 2.45) is 0 Å². The zero-order chi connectivity index (χ0) is 15.0. The minimum atomic E-state index is 0.769. The maximum atomic E-state index is 5.84. The molecular formula is C19H24N2O. The van der Waals surface area contributed by atoms with Gasteiger partial charge in [-0.1, -0.05) is 24.6 Å². The van der Waals surface area contributed by atoms with Crippen molar-refractivity contribution in [3.63, 3.8) is 0 Å². The van der Waals surface area contributed by atoms with Crippen molar-refractivity contribution < 1.29 is 4.74 Å². The van der Waals surface area contributed by atoms with Crippen molar-refractivity contribution in [1.82, 2.24) is 4.90 Å². The number of para-hydroxylation sites is 1. The molecule has 3 heteroatoms. The molecule has 22 heavy (non-hydrogen) atoms. The lowest BCUT2D eigenvalue weighted by atomic mass is 10.1. The van der Waals surface area contributed by atoms with E-state index in [0.717, 1.165) is 30.3 Å². The summed E-state index contributed by atoms with van der Waals surface area (Å²) in [4.78, 5) is 2.49. The lowest BCUT2D eigenvalue weighted by Crippen LogP contribution is -2.33. The molecule has 0 aromatic heterocycles. The first-order chi connectivity index (χ1) is 10.9. The summed E-state index contributed by atoms with van der Waals surface area (Å²) >= 11 is 0. The van der Waals surface area contributed by atoms with E-state index in [2.05, 4.69) is 34.5 Å². The van der Waals surface area contributed by atoms with Crippen LogP contribution >= 0.6 is 0 Å². The molecule has 1 saturated heterocycles. The summed E-state index contributed by atoms with van der Waals surface area (Å²) in [6.07, 6.45) is 4.05. The summed E-state index contributed by atoms with van der Waals surface area (Å²) in [5.41, 5.74) is 2.18. The normalized spacial score (nSPS) is 15.5. The molecule has 0 radical (unpaired) electrons. The zero-order valence-corrected chi connectivity index (χ0v) is 13.0. The highest BCUT2D eigenvalue weighted by molar-refractivity contribution is 5.59. The predicted molar refractivity (Wildman–Crippen MR) is 92.0 cm³/mol. The Bertz CT molecular complexity index is 547. The van der Waals surface area contributed by atoms with E-state index in [0.29, 0.717) is 0 Å². The number of ether oxygens (including phenoxy) is 1. The van der Waals surface area contributed by atoms with Crippen molar-refractivity contribution >= 4 is 11.4 Å². The van der Waals surface area contributed by atoms with E-state index in [9.17, 15) is 0 Å². The standard InChI is InChI=1S/C19H24N2O/c1-3-7-17(8-4-1)20-18-9-11-19(12-10-18)22-16-15-21-13-5-2-6-14-21/h1,3-4,7-12,20H,2,5-6,13-16H2. The molecule has 3 nitrogen and oxygen atoms in total. The second-order valence-corrected chi connectivity index (χ2v) is 5.77. The molecular weight excluding hydrogens is 272 g/mol. The molecule has 1 fully saturated rings. The third-order valence-corrected chi connectivity index (χ3v) is 4.04. The minimum Gasteiger partial charge on any atom is -0.492 e. The van der Waals surface area contributed by atoms with Gasteiger partial charge in [0, 0.05) is 17.9 Å². The van der Waals surface area contributed by atoms with E-state index >= 15 is 0 Å². The number of rotatable bonds is 6. The fourth-order valence-corrected chi connectivity index (χ4v) is 2.80. The van der Waals surface area contributed by atoms with Crippen LogP contribution in [0.1, 0.15) is 19.3 Å². The van der Waals surface area contributed by atoms with Gasteiger partial charge in [-0.05, 0) is 62.3 Å². The van der Waals surface area contributed by atoms with Crippen LogP contribution < -0.4 is 10.1 Å². The van der Waals surface area contributed by atoms with E-state index in [1.165, 1.54) is 32.4 Å². The fourth-order valence-electron chi connectivity index (χ4n) is 2.80. The second-order valence-electron chi connectivity index (χ2n) is 5.77. The molecule has 1 aliphatic heterocycles. The van der Waals surface area contributed by atoms with Gasteiger partial charge in [0.05, 0.1) is 0 Å². The molecule has 0 amide bonds. The van der Waals surface area contributed by atoms with Crippen LogP contribution in [0.3, 0.4) is 0 Å². The third kappa shape index (κ3) is 4.50. The Morgan fingerprint density at radius 1 is 0.818 bits per heavy atom. The SMILES string of the molecule is c1ccc(Nc2ccc(OCCN3CCCCC3)cc2)cc1. The van der Waals surface area contributed by atoms with Gasteiger partial charge in [-0.25, -0.2) is 0 Å². The van der Waals surface area contributed by atoms with Gasteiger partial charge in [-0.3, -0.25) is 4.90 Å². The maximum Gasteiger partial charge on any atom is 0.119 e. The summed E-state index contributed by atoms with van der Waals surface area (Å²) in [6, 6.07) is 18.4. The largest absolute Gasteiger partial charge is 0.492 e. The Hall–Kier alpha value is -2.00. The number of nitrogens with one attached hydrogen (secondary N) is 1. The molecule has 116 valence electrons. The average molecular weight is 296 g/mol. The van der Waals surface area contributed by atoms with Gasteiger partial charge in [0.15, 0.2) is 0 Å². The maximum absolute atomic E-state index is 5.84. The van der Waals surface area contributed by atoms with E-state index in [1.807, 2.05) is 30.3 Å². The molecule has 0 saturated carbocycles. The van der Waals surface area contributed by atoms with Crippen LogP contribution in [0.2, 0.25) is 0 Å². The van der Waals surface area contributed by atoms with Crippen molar-refractivity contribution in [3.05, 3.63) is 54.6 Å². The number of likely N-dealkylation sites (tertiary alicyclic amines) is 1. The Kier molecular flexibility index (Phi) is 5.32. The van der Waals surface area contributed by atoms with Gasteiger partial charge in [0.2, 0.25) is 0 Å². The summed E-state index contributed by atoms with van der Waals surface area (Å²) in [7, 11) is 0. The highest BCUT2D eigenvalue weighted by atomic mass is 16.5.